The molecule has 206 valence electrons. The number of nitrogens with zero attached hydrogens (tertiary/aromatic N) is 2. The number of rotatable bonds is 8. The first-order chi connectivity index (χ1) is 17.8. The maximum Gasteiger partial charge on any atom is 0.393 e. The van der Waals surface area contributed by atoms with Gasteiger partial charge in [-0.2, -0.15) is 23.0 Å². The largest absolute Gasteiger partial charge is 0.480 e. The van der Waals surface area contributed by atoms with Crippen LogP contribution in [0.25, 0.3) is 0 Å². The molecule has 3 aromatic heterocycles. The lowest BCUT2D eigenvalue weighted by Gasteiger charge is -2.37. The molecule has 1 saturated heterocycles. The molecule has 0 amide bonds. The highest BCUT2D eigenvalue weighted by Gasteiger charge is 2.56. The van der Waals surface area contributed by atoms with Crippen molar-refractivity contribution >= 4 is 50.5 Å². The second-order valence-electron chi connectivity index (χ2n) is 8.67. The summed E-state index contributed by atoms with van der Waals surface area (Å²) in [5, 5.41) is 16.6. The minimum Gasteiger partial charge on any atom is -0.480 e. The van der Waals surface area contributed by atoms with Crippen LogP contribution in [0.4, 0.5) is 19.0 Å². The number of anilines is 1. The quantitative estimate of drug-likeness (QED) is 0.355. The number of aliphatic carboxylic acids is 1. The van der Waals surface area contributed by atoms with Gasteiger partial charge in [-0.1, -0.05) is 11.6 Å². The van der Waals surface area contributed by atoms with Crippen molar-refractivity contribution in [2.24, 2.45) is 5.92 Å². The zero-order chi connectivity index (χ0) is 27.8. The third-order valence-electron chi connectivity index (χ3n) is 6.11. The zero-order valence-corrected chi connectivity index (χ0v) is 22.0. The van der Waals surface area contributed by atoms with Gasteiger partial charge in [0.15, 0.2) is 9.84 Å². The molecule has 3 unspecified atom stereocenters. The highest BCUT2D eigenvalue weighted by Crippen LogP contribution is 2.39. The molecule has 1 aliphatic rings. The van der Waals surface area contributed by atoms with E-state index in [0.717, 1.165) is 9.56 Å². The molecule has 0 radical (unpaired) electrons. The predicted molar refractivity (Wildman–Crippen MR) is 132 cm³/mol. The molecule has 0 aromatic carbocycles. The Balaban J connectivity index is 1.69. The number of carbonyl (C=O) groups excluding carboxylic acids is 1. The molecule has 0 aliphatic carbocycles. The monoisotopic (exact) mass is 594 g/mol. The molecule has 0 saturated carbocycles. The lowest BCUT2D eigenvalue weighted by Crippen LogP contribution is -2.60. The molecule has 4 heterocycles. The summed E-state index contributed by atoms with van der Waals surface area (Å²) >= 11 is 7.22. The average molecular weight is 595 g/mol. The van der Waals surface area contributed by atoms with E-state index in [1.54, 1.807) is 19.1 Å². The number of sulfone groups is 1. The van der Waals surface area contributed by atoms with E-state index in [-0.39, 0.29) is 35.9 Å². The van der Waals surface area contributed by atoms with Gasteiger partial charge in [0.2, 0.25) is 0 Å². The topological polar surface area (TPSA) is 144 Å². The standard InChI is InChI=1S/C22H22ClF3N4O6S2/c1-11-14(5-7-36-11)20(31)30-17(28-9-13-2-3-16(23)37-13)8-12(29-30)10-38(34,35)19-15(22(24,25)26)4-6-27-18(19)21(32)33/h2-3,5,7-8,15,18-19,27-28H,4,6,9-10H2,1H3,(H,32,33). The van der Waals surface area contributed by atoms with E-state index in [4.69, 9.17) is 16.0 Å². The summed E-state index contributed by atoms with van der Waals surface area (Å²) in [7, 11) is -4.73. The summed E-state index contributed by atoms with van der Waals surface area (Å²) in [6.07, 6.45) is -4.24. The normalized spacial score (nSPS) is 20.4. The molecule has 1 aliphatic heterocycles. The van der Waals surface area contributed by atoms with Crippen molar-refractivity contribution in [2.75, 3.05) is 11.9 Å². The van der Waals surface area contributed by atoms with Crippen LogP contribution in [-0.4, -0.2) is 59.2 Å². The maximum atomic E-state index is 13.8. The number of hydrogen-bond donors (Lipinski definition) is 3. The number of carboxylic acid groups (broad SMARTS) is 1. The number of piperidine rings is 1. The second-order valence-corrected chi connectivity index (χ2v) is 12.6. The summed E-state index contributed by atoms with van der Waals surface area (Å²) in [6, 6.07) is 4.09. The average Bonchev–Trinajstić information content (AvgIpc) is 3.55. The lowest BCUT2D eigenvalue weighted by molar-refractivity contribution is -0.183. The number of carbonyl (C=O) groups is 2. The molecule has 16 heteroatoms. The van der Waals surface area contributed by atoms with Crippen LogP contribution in [0.2, 0.25) is 4.34 Å². The number of aryl methyl sites for hydroxylation is 1. The number of aromatic nitrogens is 2. The van der Waals surface area contributed by atoms with Gasteiger partial charge in [-0.05, 0) is 38.1 Å². The van der Waals surface area contributed by atoms with Crippen molar-refractivity contribution in [3.8, 4) is 0 Å². The van der Waals surface area contributed by atoms with Gasteiger partial charge in [0.25, 0.3) is 5.91 Å². The summed E-state index contributed by atoms with van der Waals surface area (Å²) in [5.41, 5.74) is -0.0915. The summed E-state index contributed by atoms with van der Waals surface area (Å²) in [6.45, 7) is 1.43. The van der Waals surface area contributed by atoms with Crippen LogP contribution in [0.3, 0.4) is 0 Å². The van der Waals surface area contributed by atoms with Crippen LogP contribution < -0.4 is 10.6 Å². The van der Waals surface area contributed by atoms with Gasteiger partial charge < -0.3 is 20.2 Å². The van der Waals surface area contributed by atoms with Gasteiger partial charge in [0.1, 0.15) is 17.6 Å². The van der Waals surface area contributed by atoms with Gasteiger partial charge in [-0.25, -0.2) is 8.42 Å². The first-order valence-corrected chi connectivity index (χ1v) is 14.1. The number of carboxylic acids is 1. The highest BCUT2D eigenvalue weighted by molar-refractivity contribution is 7.91. The van der Waals surface area contributed by atoms with Crippen LogP contribution >= 0.6 is 22.9 Å². The van der Waals surface area contributed by atoms with Gasteiger partial charge in [-0.15, -0.1) is 11.3 Å². The predicted octanol–water partition coefficient (Wildman–Crippen LogP) is 3.71. The number of hydrogen-bond acceptors (Lipinski definition) is 9. The van der Waals surface area contributed by atoms with Crippen LogP contribution in [0, 0.1) is 12.8 Å². The van der Waals surface area contributed by atoms with Gasteiger partial charge in [0.05, 0.1) is 45.3 Å². The number of thiophene rings is 1. The Morgan fingerprint density at radius 3 is 2.66 bits per heavy atom. The number of alkyl halides is 3. The third kappa shape index (κ3) is 5.90. The Kier molecular flexibility index (Phi) is 7.93. The Bertz CT molecular complexity index is 1450. The Labute approximate surface area is 223 Å². The fourth-order valence-corrected chi connectivity index (χ4v) is 7.56. The zero-order valence-electron chi connectivity index (χ0n) is 19.7. The minimum atomic E-state index is -4.93. The molecule has 3 atom stereocenters. The molecule has 3 aromatic rings. The minimum absolute atomic E-state index is 0.0780. The Morgan fingerprint density at radius 1 is 1.34 bits per heavy atom. The molecule has 3 N–H and O–H groups in total. The third-order valence-corrected chi connectivity index (χ3v) is 9.47. The van der Waals surface area contributed by atoms with Crippen LogP contribution in [-0.2, 0) is 26.9 Å². The number of nitrogens with one attached hydrogen (secondary N) is 2. The molecule has 4 rings (SSSR count). The highest BCUT2D eigenvalue weighted by atomic mass is 35.5. The van der Waals surface area contributed by atoms with Gasteiger partial charge in [-0.3, -0.25) is 9.59 Å². The van der Waals surface area contributed by atoms with E-state index in [2.05, 4.69) is 15.7 Å². The molecule has 0 spiro atoms. The molecule has 1 fully saturated rings. The van der Waals surface area contributed by atoms with Crippen molar-refractivity contribution in [1.29, 1.82) is 0 Å². The molecule has 38 heavy (non-hydrogen) atoms. The van der Waals surface area contributed by atoms with Crippen LogP contribution in [0.15, 0.2) is 34.9 Å². The summed E-state index contributed by atoms with van der Waals surface area (Å²) < 4.78 is 74.4. The fourth-order valence-electron chi connectivity index (χ4n) is 4.37. The molecule has 10 nitrogen and oxygen atoms in total. The molecular formula is C22H22ClF3N4O6S2. The van der Waals surface area contributed by atoms with E-state index in [9.17, 15) is 36.3 Å². The van der Waals surface area contributed by atoms with E-state index >= 15 is 0 Å². The van der Waals surface area contributed by atoms with Crippen LogP contribution in [0.5, 0.6) is 0 Å². The van der Waals surface area contributed by atoms with Gasteiger partial charge in [0, 0.05) is 10.9 Å². The number of halogens is 4. The van der Waals surface area contributed by atoms with Crippen molar-refractivity contribution in [2.45, 2.75) is 43.1 Å². The van der Waals surface area contributed by atoms with E-state index in [1.807, 2.05) is 0 Å². The van der Waals surface area contributed by atoms with Crippen molar-refractivity contribution < 1.29 is 40.7 Å². The van der Waals surface area contributed by atoms with E-state index in [0.29, 0.717) is 4.34 Å². The van der Waals surface area contributed by atoms with E-state index in [1.165, 1.54) is 29.7 Å². The SMILES string of the molecule is Cc1occc1C(=O)n1nc(CS(=O)(=O)C2C(C(=O)O)NCCC2C(F)(F)F)cc1NCc1ccc(Cl)s1. The Morgan fingerprint density at radius 2 is 2.08 bits per heavy atom. The first kappa shape index (κ1) is 28.1. The fraction of sp³-hybridized carbons (Fsp3) is 0.409. The second kappa shape index (κ2) is 10.7. The molecular weight excluding hydrogens is 573 g/mol. The summed E-state index contributed by atoms with van der Waals surface area (Å²) in [4.78, 5) is 25.6. The number of furan rings is 1. The van der Waals surface area contributed by atoms with Crippen molar-refractivity contribution in [1.82, 2.24) is 15.1 Å². The van der Waals surface area contributed by atoms with Crippen molar-refractivity contribution in [3.05, 3.63) is 56.8 Å². The Hall–Kier alpha value is -2.88. The maximum absolute atomic E-state index is 13.8. The smallest absolute Gasteiger partial charge is 0.393 e. The van der Waals surface area contributed by atoms with Gasteiger partial charge >= 0.3 is 12.1 Å². The van der Waals surface area contributed by atoms with Crippen molar-refractivity contribution in [3.63, 3.8) is 0 Å². The van der Waals surface area contributed by atoms with Crippen LogP contribution in [0.1, 0.15) is 33.1 Å². The molecule has 0 bridgehead atoms. The lowest BCUT2D eigenvalue weighted by atomic mass is 9.91. The van der Waals surface area contributed by atoms with E-state index < -0.39 is 57.3 Å². The first-order valence-electron chi connectivity index (χ1n) is 11.2. The summed E-state index contributed by atoms with van der Waals surface area (Å²) in [5.74, 6) is -5.41.